The van der Waals surface area contributed by atoms with Gasteiger partial charge in [0, 0.05) is 19.2 Å². The van der Waals surface area contributed by atoms with E-state index in [9.17, 15) is 19.5 Å². The van der Waals surface area contributed by atoms with Gasteiger partial charge < -0.3 is 10.4 Å². The van der Waals surface area contributed by atoms with Crippen molar-refractivity contribution in [3.05, 3.63) is 56.7 Å². The number of rotatable bonds is 6. The minimum Gasteiger partial charge on any atom is -0.392 e. The first-order valence-electron chi connectivity index (χ1n) is 8.08. The number of aliphatic hydroxyl groups is 1. The number of nitrogens with zero attached hydrogens (tertiary/aromatic N) is 3. The average molecular weight is 357 g/mol. The molecule has 0 radical (unpaired) electrons. The monoisotopic (exact) mass is 357 g/mol. The van der Waals surface area contributed by atoms with E-state index in [1.807, 2.05) is 0 Å². The third-order valence-electron chi connectivity index (χ3n) is 3.96. The summed E-state index contributed by atoms with van der Waals surface area (Å²) >= 11 is 0. The normalized spacial score (nSPS) is 12.3. The highest BCUT2D eigenvalue weighted by molar-refractivity contribution is 5.96. The number of carbonyl (C=O) groups excluding carboxylic acids is 1. The van der Waals surface area contributed by atoms with E-state index in [4.69, 9.17) is 0 Å². The second-order valence-corrected chi connectivity index (χ2v) is 6.03. The van der Waals surface area contributed by atoms with Crippen LogP contribution in [0.25, 0.3) is 11.2 Å². The Morgan fingerprint density at radius 2 is 2.00 bits per heavy atom. The number of aromatic amines is 1. The fourth-order valence-corrected chi connectivity index (χ4v) is 2.62. The quantitative estimate of drug-likeness (QED) is 0.538. The maximum atomic E-state index is 12.6. The van der Waals surface area contributed by atoms with E-state index in [1.165, 1.54) is 16.2 Å². The topological polar surface area (TPSA) is 122 Å². The Morgan fingerprint density at radius 1 is 1.31 bits per heavy atom. The molecule has 1 atom stereocenters. The maximum absolute atomic E-state index is 12.6. The molecule has 3 rings (SSSR count). The van der Waals surface area contributed by atoms with Crippen molar-refractivity contribution in [1.82, 2.24) is 19.1 Å². The highest BCUT2D eigenvalue weighted by Gasteiger charge is 2.20. The number of hydrogen-bond donors (Lipinski definition) is 3. The molecule has 0 aliphatic carbocycles. The van der Waals surface area contributed by atoms with Gasteiger partial charge in [0.1, 0.15) is 0 Å². The zero-order valence-corrected chi connectivity index (χ0v) is 14.4. The molecule has 136 valence electrons. The van der Waals surface area contributed by atoms with Gasteiger partial charge in [0.25, 0.3) is 5.56 Å². The molecule has 0 aliphatic rings. The van der Waals surface area contributed by atoms with Crippen molar-refractivity contribution in [2.45, 2.75) is 19.6 Å². The molecule has 26 heavy (non-hydrogen) atoms. The molecule has 0 saturated heterocycles. The Balaban J connectivity index is 2.13. The van der Waals surface area contributed by atoms with Crippen LogP contribution >= 0.6 is 0 Å². The molecule has 2 aromatic heterocycles. The average Bonchev–Trinajstić information content (AvgIpc) is 2.97. The van der Waals surface area contributed by atoms with Gasteiger partial charge in [0.2, 0.25) is 5.95 Å². The third kappa shape index (κ3) is 3.29. The number of aliphatic hydroxyl groups excluding tert-OH is 1. The van der Waals surface area contributed by atoms with E-state index >= 15 is 0 Å². The first-order chi connectivity index (χ1) is 12.4. The number of hydrogen-bond acceptors (Lipinski definition) is 6. The first kappa shape index (κ1) is 17.6. The number of benzene rings is 1. The summed E-state index contributed by atoms with van der Waals surface area (Å²) in [4.78, 5) is 43.2. The van der Waals surface area contributed by atoms with E-state index in [-0.39, 0.29) is 36.0 Å². The van der Waals surface area contributed by atoms with Gasteiger partial charge in [0.15, 0.2) is 16.9 Å². The van der Waals surface area contributed by atoms with Crippen LogP contribution in [-0.4, -0.2) is 42.6 Å². The van der Waals surface area contributed by atoms with E-state index in [1.54, 1.807) is 37.3 Å². The molecule has 9 nitrogen and oxygen atoms in total. The van der Waals surface area contributed by atoms with E-state index in [0.717, 1.165) is 0 Å². The summed E-state index contributed by atoms with van der Waals surface area (Å²) in [7, 11) is 1.48. The van der Waals surface area contributed by atoms with Crippen molar-refractivity contribution in [1.29, 1.82) is 0 Å². The lowest BCUT2D eigenvalue weighted by Crippen LogP contribution is -2.29. The molecular weight excluding hydrogens is 338 g/mol. The number of fused-ring (bicyclic) bond motifs is 1. The molecule has 0 fully saturated rings. The van der Waals surface area contributed by atoms with Crippen LogP contribution in [0, 0.1) is 0 Å². The van der Waals surface area contributed by atoms with Crippen molar-refractivity contribution in [3.8, 4) is 0 Å². The molecule has 0 spiro atoms. The summed E-state index contributed by atoms with van der Waals surface area (Å²) in [5, 5.41) is 12.4. The fraction of sp³-hybridized carbons (Fsp3) is 0.294. The Morgan fingerprint density at radius 3 is 2.65 bits per heavy atom. The zero-order valence-electron chi connectivity index (χ0n) is 14.4. The summed E-state index contributed by atoms with van der Waals surface area (Å²) in [5.74, 6) is 0.0233. The molecule has 0 saturated carbocycles. The second-order valence-electron chi connectivity index (χ2n) is 6.03. The largest absolute Gasteiger partial charge is 0.392 e. The highest BCUT2D eigenvalue weighted by atomic mass is 16.3. The molecule has 0 aliphatic heterocycles. The number of anilines is 1. The Hall–Kier alpha value is -3.20. The molecule has 1 aromatic carbocycles. The van der Waals surface area contributed by atoms with E-state index < -0.39 is 17.4 Å². The lowest BCUT2D eigenvalue weighted by atomic mass is 10.1. The first-order valence-corrected chi connectivity index (χ1v) is 8.08. The summed E-state index contributed by atoms with van der Waals surface area (Å²) in [6, 6.07) is 8.68. The molecular formula is C17H19N5O4. The number of H-pyrrole nitrogens is 1. The summed E-state index contributed by atoms with van der Waals surface area (Å²) in [6.45, 7) is 1.64. The number of nitrogens with one attached hydrogen (secondary N) is 2. The van der Waals surface area contributed by atoms with Crippen LogP contribution in [0.4, 0.5) is 5.95 Å². The predicted octanol–water partition coefficient (Wildman–Crippen LogP) is 0.0989. The molecule has 9 heteroatoms. The molecule has 0 amide bonds. The van der Waals surface area contributed by atoms with Crippen molar-refractivity contribution in [2.24, 2.45) is 7.05 Å². The Kier molecular flexibility index (Phi) is 4.72. The molecule has 3 N–H and O–H groups in total. The van der Waals surface area contributed by atoms with Gasteiger partial charge in [-0.2, -0.15) is 4.98 Å². The van der Waals surface area contributed by atoms with Gasteiger partial charge in [-0.25, -0.2) is 4.79 Å². The van der Waals surface area contributed by atoms with Crippen LogP contribution in [0.5, 0.6) is 0 Å². The SMILES string of the molecule is C[C@@H](O)CNc1nc2c(c(=O)[nH]c(=O)n2C)n1CC(=O)c1ccccc1. The summed E-state index contributed by atoms with van der Waals surface area (Å²) in [6.07, 6.45) is -0.657. The number of aromatic nitrogens is 4. The van der Waals surface area contributed by atoms with Gasteiger partial charge in [-0.1, -0.05) is 30.3 Å². The molecule has 3 aromatic rings. The van der Waals surface area contributed by atoms with Crippen LogP contribution in [0.15, 0.2) is 39.9 Å². The van der Waals surface area contributed by atoms with Gasteiger partial charge in [0.05, 0.1) is 12.6 Å². The maximum Gasteiger partial charge on any atom is 0.329 e. The predicted molar refractivity (Wildman–Crippen MR) is 96.5 cm³/mol. The van der Waals surface area contributed by atoms with Crippen LogP contribution in [0.3, 0.4) is 0 Å². The number of imidazole rings is 1. The number of Topliss-reactive ketones (excluding diaryl/α,β-unsaturated/α-hetero) is 1. The number of aryl methyl sites for hydroxylation is 1. The Labute approximate surface area is 147 Å². The summed E-state index contributed by atoms with van der Waals surface area (Å²) < 4.78 is 2.62. The third-order valence-corrected chi connectivity index (χ3v) is 3.96. The van der Waals surface area contributed by atoms with Gasteiger partial charge in [-0.15, -0.1) is 0 Å². The van der Waals surface area contributed by atoms with Crippen molar-refractivity contribution < 1.29 is 9.90 Å². The number of carbonyl (C=O) groups is 1. The zero-order chi connectivity index (χ0) is 18.8. The lowest BCUT2D eigenvalue weighted by molar-refractivity contribution is 0.0974. The lowest BCUT2D eigenvalue weighted by Gasteiger charge is -2.11. The van der Waals surface area contributed by atoms with E-state index in [2.05, 4.69) is 15.3 Å². The highest BCUT2D eigenvalue weighted by Crippen LogP contribution is 2.16. The van der Waals surface area contributed by atoms with E-state index in [0.29, 0.717) is 5.56 Å². The van der Waals surface area contributed by atoms with Crippen molar-refractivity contribution >= 4 is 22.9 Å². The van der Waals surface area contributed by atoms with Gasteiger partial charge in [-0.3, -0.25) is 23.7 Å². The minimum atomic E-state index is -0.657. The van der Waals surface area contributed by atoms with Crippen LogP contribution in [-0.2, 0) is 13.6 Å². The van der Waals surface area contributed by atoms with Gasteiger partial charge in [-0.05, 0) is 6.92 Å². The van der Waals surface area contributed by atoms with Crippen molar-refractivity contribution in [3.63, 3.8) is 0 Å². The smallest absolute Gasteiger partial charge is 0.329 e. The van der Waals surface area contributed by atoms with Crippen LogP contribution in [0.1, 0.15) is 17.3 Å². The summed E-state index contributed by atoms with van der Waals surface area (Å²) in [5.41, 5.74) is -0.445. The fourth-order valence-electron chi connectivity index (χ4n) is 2.62. The van der Waals surface area contributed by atoms with Crippen molar-refractivity contribution in [2.75, 3.05) is 11.9 Å². The molecule has 0 unspecified atom stereocenters. The minimum absolute atomic E-state index is 0.115. The van der Waals surface area contributed by atoms with Crippen LogP contribution in [0.2, 0.25) is 0 Å². The standard InChI is InChI=1S/C17H19N5O4/c1-10(23)8-18-16-19-14-13(15(25)20-17(26)21(14)2)22(16)9-12(24)11-6-4-3-5-7-11/h3-7,10,23H,8-9H2,1-2H3,(H,18,19)(H,20,25,26)/t10-/m1/s1. The van der Waals surface area contributed by atoms with Crippen LogP contribution < -0.4 is 16.6 Å². The number of ketones is 1. The van der Waals surface area contributed by atoms with Gasteiger partial charge >= 0.3 is 5.69 Å². The Bertz CT molecular complexity index is 1060. The second kappa shape index (κ2) is 6.96. The molecule has 0 bridgehead atoms. The molecule has 2 heterocycles.